The van der Waals surface area contributed by atoms with E-state index >= 15 is 0 Å². The first kappa shape index (κ1) is 23.5. The molecule has 1 saturated carbocycles. The average Bonchev–Trinajstić information content (AvgIpc) is 3.11. The molecule has 2 aliphatic heterocycles. The number of Topliss-reactive ketones (excluding diaryl/α,β-unsaturated/α-hetero) is 1. The summed E-state index contributed by atoms with van der Waals surface area (Å²) in [6, 6.07) is 0. The van der Waals surface area contributed by atoms with Gasteiger partial charge in [-0.25, -0.2) is 0 Å². The number of amides is 2. The van der Waals surface area contributed by atoms with Crippen molar-refractivity contribution in [1.29, 1.82) is 0 Å². The van der Waals surface area contributed by atoms with Gasteiger partial charge in [0.2, 0.25) is 0 Å². The summed E-state index contributed by atoms with van der Waals surface area (Å²) in [5.74, 6) is -13.1. The number of carbonyl (C=O) groups is 3. The molecule has 0 radical (unpaired) electrons. The molecule has 0 aromatic rings. The minimum absolute atomic E-state index is 0.416. The fraction of sp³-hybridized carbons (Fsp3) is 0.727. The Morgan fingerprint density at radius 3 is 1.87 bits per heavy atom. The van der Waals surface area contributed by atoms with Crippen molar-refractivity contribution in [3.05, 3.63) is 4.91 Å². The third kappa shape index (κ3) is 3.40. The van der Waals surface area contributed by atoms with Crippen LogP contribution in [0.15, 0.2) is 0 Å². The van der Waals surface area contributed by atoms with Crippen molar-refractivity contribution in [3.8, 4) is 0 Å². The lowest BCUT2D eigenvalue weighted by Gasteiger charge is -2.17. The molecule has 2 heterocycles. The van der Waals surface area contributed by atoms with Gasteiger partial charge in [-0.15, -0.1) is 9.35 Å². The second-order valence-electron chi connectivity index (χ2n) is 6.53. The summed E-state index contributed by atoms with van der Waals surface area (Å²) in [5, 5.41) is -0.831. The fourth-order valence-corrected chi connectivity index (χ4v) is 4.63. The van der Waals surface area contributed by atoms with E-state index in [0.29, 0.717) is 0 Å². The van der Waals surface area contributed by atoms with Gasteiger partial charge in [0, 0.05) is 9.67 Å². The molecule has 5 unspecified atom stereocenters. The van der Waals surface area contributed by atoms with Gasteiger partial charge in [0.05, 0.1) is 11.8 Å². The van der Waals surface area contributed by atoms with Gasteiger partial charge >= 0.3 is 37.5 Å². The Hall–Kier alpha value is -2.19. The largest absolute Gasteiger partial charge is 0.525 e. The van der Waals surface area contributed by atoms with E-state index in [9.17, 15) is 62.5 Å². The SMILES string of the molecule is O=C1C2C(=O)N(OS(=O)(=O)C(F)(F)F)C(=O)C2C2C[N+](=O)C(OS(=O)(=O)C(F)(F)F)C12. The standard InChI is InChI=1S/C11H7F6N2O10S2/c12-10(13,14)30(24,25)28-9-4-2(1-18(9)23)3-5(6(4)20)8(22)19(7(3)21)29-31(26,27)11(15,16)17/h2-5,9H,1H2/q+1. The van der Waals surface area contributed by atoms with Crippen LogP contribution >= 0.6 is 0 Å². The van der Waals surface area contributed by atoms with Gasteiger partial charge in [0.25, 0.3) is 11.8 Å². The van der Waals surface area contributed by atoms with Crippen LogP contribution in [0.3, 0.4) is 0 Å². The second kappa shape index (κ2) is 6.65. The molecule has 3 aliphatic rings. The Morgan fingerprint density at radius 2 is 1.39 bits per heavy atom. The summed E-state index contributed by atoms with van der Waals surface area (Å²) in [6.07, 6.45) is -2.61. The predicted molar refractivity (Wildman–Crippen MR) is 75.2 cm³/mol. The van der Waals surface area contributed by atoms with Crippen LogP contribution in [0, 0.1) is 28.6 Å². The highest BCUT2D eigenvalue weighted by Gasteiger charge is 2.74. The number of imide groups is 1. The van der Waals surface area contributed by atoms with Gasteiger partial charge in [-0.05, 0) is 0 Å². The molecule has 0 spiro atoms. The molecular weight excluding hydrogens is 498 g/mol. The number of nitroso groups, excluding NO2 is 1. The maximum Gasteiger partial charge on any atom is 0.525 e. The first-order valence-corrected chi connectivity index (χ1v) is 10.5. The molecule has 0 aromatic carbocycles. The van der Waals surface area contributed by atoms with Crippen molar-refractivity contribution in [3.63, 3.8) is 0 Å². The number of hydrogen-bond acceptors (Lipinski definition) is 10. The number of nitrogens with zero attached hydrogens (tertiary/aromatic N) is 2. The summed E-state index contributed by atoms with van der Waals surface area (Å²) in [4.78, 5) is 48.8. The summed E-state index contributed by atoms with van der Waals surface area (Å²) in [7, 11) is -12.9. The number of rotatable bonds is 4. The van der Waals surface area contributed by atoms with Crippen LogP contribution in [0.2, 0.25) is 0 Å². The second-order valence-corrected chi connectivity index (χ2v) is 9.61. The van der Waals surface area contributed by atoms with Crippen LogP contribution in [-0.4, -0.2) is 68.0 Å². The van der Waals surface area contributed by atoms with E-state index in [-0.39, 0.29) is 0 Å². The summed E-state index contributed by atoms with van der Waals surface area (Å²) >= 11 is 0. The zero-order chi connectivity index (χ0) is 23.9. The molecule has 3 rings (SSSR count). The van der Waals surface area contributed by atoms with Gasteiger partial charge in [-0.3, -0.25) is 14.4 Å². The highest BCUT2D eigenvalue weighted by molar-refractivity contribution is 7.87. The van der Waals surface area contributed by atoms with Crippen LogP contribution in [0.5, 0.6) is 0 Å². The maximum atomic E-state index is 12.5. The zero-order valence-corrected chi connectivity index (χ0v) is 15.8. The minimum Gasteiger partial charge on any atom is -0.298 e. The van der Waals surface area contributed by atoms with E-state index in [1.54, 1.807) is 0 Å². The number of fused-ring (bicyclic) bond motifs is 3. The topological polar surface area (TPSA) is 161 Å². The van der Waals surface area contributed by atoms with Crippen molar-refractivity contribution in [2.24, 2.45) is 23.7 Å². The number of hydrogen-bond donors (Lipinski definition) is 0. The molecule has 174 valence electrons. The Balaban J connectivity index is 1.91. The number of ketones is 1. The molecule has 20 heteroatoms. The molecule has 2 saturated heterocycles. The highest BCUT2D eigenvalue weighted by Crippen LogP contribution is 2.51. The lowest BCUT2D eigenvalue weighted by atomic mass is 9.90. The molecule has 0 aromatic heterocycles. The number of hydroxylamine groups is 2. The molecule has 0 N–H and O–H groups in total. The molecular formula is C11H7F6N2O10S2+. The molecule has 0 bridgehead atoms. The number of carbonyl (C=O) groups excluding carboxylic acids is 3. The Bertz CT molecular complexity index is 1100. The maximum absolute atomic E-state index is 12.5. The van der Waals surface area contributed by atoms with Crippen molar-refractivity contribution < 1.29 is 70.8 Å². The molecule has 31 heavy (non-hydrogen) atoms. The fourth-order valence-electron chi connectivity index (χ4n) is 3.61. The monoisotopic (exact) mass is 505 g/mol. The van der Waals surface area contributed by atoms with Gasteiger partial charge in [-0.2, -0.15) is 47.4 Å². The highest BCUT2D eigenvalue weighted by atomic mass is 32.2. The van der Waals surface area contributed by atoms with Crippen LogP contribution in [0.25, 0.3) is 0 Å². The van der Waals surface area contributed by atoms with Crippen LogP contribution in [-0.2, 0) is 43.1 Å². The van der Waals surface area contributed by atoms with Crippen LogP contribution in [0.4, 0.5) is 26.3 Å². The van der Waals surface area contributed by atoms with E-state index in [4.69, 9.17) is 0 Å². The summed E-state index contributed by atoms with van der Waals surface area (Å²) in [6.45, 7) is -1.02. The number of halogens is 6. The van der Waals surface area contributed by atoms with Crippen LogP contribution in [0.1, 0.15) is 0 Å². The predicted octanol–water partition coefficient (Wildman–Crippen LogP) is -0.831. The smallest absolute Gasteiger partial charge is 0.298 e. The Morgan fingerprint density at radius 1 is 0.871 bits per heavy atom. The third-order valence-corrected chi connectivity index (χ3v) is 6.74. The Labute approximate surface area is 166 Å². The van der Waals surface area contributed by atoms with Crippen LogP contribution < -0.4 is 0 Å². The lowest BCUT2D eigenvalue weighted by molar-refractivity contribution is -0.603. The van der Waals surface area contributed by atoms with Crippen molar-refractivity contribution in [2.75, 3.05) is 6.54 Å². The molecule has 12 nitrogen and oxygen atoms in total. The first-order chi connectivity index (χ1) is 13.8. The van der Waals surface area contributed by atoms with Gasteiger partial charge < -0.3 is 0 Å². The Kier molecular flexibility index (Phi) is 5.04. The quantitative estimate of drug-likeness (QED) is 0.118. The van der Waals surface area contributed by atoms with E-state index < -0.39 is 95.1 Å². The van der Waals surface area contributed by atoms with Crippen molar-refractivity contribution >= 4 is 37.8 Å². The summed E-state index contributed by atoms with van der Waals surface area (Å²) in [5.41, 5.74) is -12.0. The molecule has 1 aliphatic carbocycles. The lowest BCUT2D eigenvalue weighted by Crippen LogP contribution is -2.42. The molecule has 3 fully saturated rings. The van der Waals surface area contributed by atoms with Gasteiger partial charge in [0.1, 0.15) is 11.8 Å². The normalized spacial score (nSPS) is 32.1. The van der Waals surface area contributed by atoms with Crippen molar-refractivity contribution in [2.45, 2.75) is 17.2 Å². The average molecular weight is 505 g/mol. The summed E-state index contributed by atoms with van der Waals surface area (Å²) < 4.78 is 126. The van der Waals surface area contributed by atoms with E-state index in [1.165, 1.54) is 0 Å². The first-order valence-electron chi connectivity index (χ1n) is 7.67. The van der Waals surface area contributed by atoms with Crippen molar-refractivity contribution in [1.82, 2.24) is 5.06 Å². The van der Waals surface area contributed by atoms with Gasteiger partial charge in [0.15, 0.2) is 12.3 Å². The van der Waals surface area contributed by atoms with E-state index in [0.717, 1.165) is 0 Å². The van der Waals surface area contributed by atoms with Gasteiger partial charge in [-0.1, -0.05) is 0 Å². The minimum atomic E-state index is -6.51. The molecule has 2 amide bonds. The van der Waals surface area contributed by atoms with E-state index in [2.05, 4.69) is 8.47 Å². The zero-order valence-electron chi connectivity index (χ0n) is 14.2. The third-order valence-electron chi connectivity index (χ3n) is 4.81. The number of alkyl halides is 6. The molecule has 5 atom stereocenters. The van der Waals surface area contributed by atoms with E-state index in [1.807, 2.05) is 0 Å².